The maximum Gasteiger partial charge on any atom is 0.398 e. The van der Waals surface area contributed by atoms with Crippen LogP contribution in [0.5, 0.6) is 0 Å². The molecule has 0 aromatic heterocycles. The van der Waals surface area contributed by atoms with Gasteiger partial charge in [-0.3, -0.25) is 14.1 Å². The van der Waals surface area contributed by atoms with Crippen molar-refractivity contribution in [2.24, 2.45) is 28.6 Å². The molecular formula is C22H31F5O7S. The summed E-state index contributed by atoms with van der Waals surface area (Å²) < 4.78 is 108. The van der Waals surface area contributed by atoms with E-state index in [0.717, 1.165) is 6.42 Å². The van der Waals surface area contributed by atoms with Gasteiger partial charge in [0.15, 0.2) is 0 Å². The second-order valence-corrected chi connectivity index (χ2v) is 12.6. The minimum absolute atomic E-state index is 0.0492. The maximum atomic E-state index is 13.8. The Labute approximate surface area is 200 Å². The zero-order valence-electron chi connectivity index (χ0n) is 19.8. The Morgan fingerprint density at radius 2 is 1.60 bits per heavy atom. The van der Waals surface area contributed by atoms with E-state index in [1.165, 1.54) is 0 Å². The van der Waals surface area contributed by atoms with Crippen LogP contribution in [-0.2, 0) is 29.2 Å². The summed E-state index contributed by atoms with van der Waals surface area (Å²) >= 11 is 0. The van der Waals surface area contributed by atoms with Crippen molar-refractivity contribution in [2.75, 3.05) is 6.61 Å². The van der Waals surface area contributed by atoms with Crippen LogP contribution in [0.2, 0.25) is 0 Å². The quantitative estimate of drug-likeness (QED) is 0.255. The molecule has 1 N–H and O–H groups in total. The Morgan fingerprint density at radius 3 is 2.06 bits per heavy atom. The number of rotatable bonds is 9. The lowest BCUT2D eigenvalue weighted by atomic mass is 9.48. The van der Waals surface area contributed by atoms with Crippen molar-refractivity contribution in [1.82, 2.24) is 0 Å². The third-order valence-corrected chi connectivity index (χ3v) is 8.94. The average Bonchev–Trinajstić information content (AvgIpc) is 2.67. The highest BCUT2D eigenvalue weighted by molar-refractivity contribution is 7.86. The van der Waals surface area contributed by atoms with Crippen LogP contribution >= 0.6 is 0 Å². The summed E-state index contributed by atoms with van der Waals surface area (Å²) in [7, 11) is -6.35. The molecule has 0 radical (unpaired) electrons. The molecule has 0 heterocycles. The van der Waals surface area contributed by atoms with Gasteiger partial charge in [-0.2, -0.15) is 30.4 Å². The van der Waals surface area contributed by atoms with Gasteiger partial charge in [-0.1, -0.05) is 6.92 Å². The van der Waals surface area contributed by atoms with Crippen molar-refractivity contribution in [1.29, 1.82) is 0 Å². The van der Waals surface area contributed by atoms with Crippen LogP contribution in [0.15, 0.2) is 0 Å². The minimum atomic E-state index is -6.35. The number of hydrogen-bond acceptors (Lipinski definition) is 6. The molecule has 0 spiro atoms. The standard InChI is InChI=1S/C22H31F5O7S/c1-4-18(2,3)16(28)34-20-10-13-7-14(11-20)9-19(8-13,12-20)17(29)33-6-5-15(21(23,24)25)22(26,27)35(30,31)32/h13-15H,4-12H2,1-3H3,(H,30,31,32). The van der Waals surface area contributed by atoms with E-state index in [2.05, 4.69) is 0 Å². The fourth-order valence-electron chi connectivity index (χ4n) is 6.14. The highest BCUT2D eigenvalue weighted by atomic mass is 32.2. The van der Waals surface area contributed by atoms with E-state index in [0.29, 0.717) is 32.1 Å². The van der Waals surface area contributed by atoms with E-state index in [9.17, 15) is 40.0 Å². The summed E-state index contributed by atoms with van der Waals surface area (Å²) in [5, 5.41) is -5.50. The number of halogens is 5. The molecule has 4 bridgehead atoms. The first-order valence-electron chi connectivity index (χ1n) is 11.6. The monoisotopic (exact) mass is 534 g/mol. The smallest absolute Gasteiger partial charge is 0.398 e. The van der Waals surface area contributed by atoms with Gasteiger partial charge in [0.1, 0.15) is 11.5 Å². The van der Waals surface area contributed by atoms with E-state index < -0.39 is 68.9 Å². The van der Waals surface area contributed by atoms with Crippen LogP contribution in [0, 0.1) is 28.6 Å². The molecule has 4 rings (SSSR count). The van der Waals surface area contributed by atoms with Crippen LogP contribution in [0.1, 0.15) is 72.1 Å². The van der Waals surface area contributed by atoms with Crippen molar-refractivity contribution >= 4 is 22.1 Å². The molecule has 3 unspecified atom stereocenters. The lowest BCUT2D eigenvalue weighted by Gasteiger charge is -2.60. The Hall–Kier alpha value is -1.50. The highest BCUT2D eigenvalue weighted by Gasteiger charge is 2.64. The third kappa shape index (κ3) is 5.30. The van der Waals surface area contributed by atoms with E-state index in [1.54, 1.807) is 13.8 Å². The number of alkyl halides is 5. The van der Waals surface area contributed by atoms with Gasteiger partial charge in [0.25, 0.3) is 0 Å². The molecule has 4 aliphatic carbocycles. The first-order chi connectivity index (χ1) is 15.8. The van der Waals surface area contributed by atoms with Crippen LogP contribution in [0.4, 0.5) is 22.0 Å². The molecule has 0 saturated heterocycles. The Balaban J connectivity index is 1.73. The first-order valence-corrected chi connectivity index (χ1v) is 13.0. The largest absolute Gasteiger partial charge is 0.465 e. The first kappa shape index (κ1) is 28.1. The van der Waals surface area contributed by atoms with Gasteiger partial charge in [0.2, 0.25) is 0 Å². The predicted octanol–water partition coefficient (Wildman–Crippen LogP) is 4.90. The molecule has 3 atom stereocenters. The topological polar surface area (TPSA) is 107 Å². The molecule has 0 aromatic rings. The summed E-state index contributed by atoms with van der Waals surface area (Å²) in [5.74, 6) is -4.91. The van der Waals surface area contributed by atoms with Crippen molar-refractivity contribution in [2.45, 2.75) is 89.2 Å². The number of ether oxygens (including phenoxy) is 2. The van der Waals surface area contributed by atoms with Gasteiger partial charge < -0.3 is 9.47 Å². The maximum absolute atomic E-state index is 13.8. The van der Waals surface area contributed by atoms with Gasteiger partial charge in [-0.25, -0.2) is 0 Å². The second-order valence-electron chi connectivity index (χ2n) is 11.1. The van der Waals surface area contributed by atoms with Crippen LogP contribution in [0.25, 0.3) is 0 Å². The van der Waals surface area contributed by atoms with Crippen LogP contribution < -0.4 is 0 Å². The number of carbonyl (C=O) groups excluding carboxylic acids is 2. The summed E-state index contributed by atoms with van der Waals surface area (Å²) in [4.78, 5) is 25.8. The normalized spacial score (nSPS) is 31.8. The molecule has 7 nitrogen and oxygen atoms in total. The van der Waals surface area contributed by atoms with Crippen LogP contribution in [-0.4, -0.2) is 48.5 Å². The minimum Gasteiger partial charge on any atom is -0.465 e. The zero-order chi connectivity index (χ0) is 26.7. The van der Waals surface area contributed by atoms with Crippen molar-refractivity contribution < 1.29 is 54.0 Å². The fraction of sp³-hybridized carbons (Fsp3) is 0.909. The molecule has 13 heteroatoms. The Kier molecular flexibility index (Phi) is 7.07. The number of esters is 2. The van der Waals surface area contributed by atoms with E-state index in [1.807, 2.05) is 6.92 Å². The summed E-state index contributed by atoms with van der Waals surface area (Å²) in [6.07, 6.45) is -3.79. The predicted molar refractivity (Wildman–Crippen MR) is 112 cm³/mol. The van der Waals surface area contributed by atoms with E-state index in [-0.39, 0.29) is 18.3 Å². The number of carbonyl (C=O) groups is 2. The van der Waals surface area contributed by atoms with Crippen molar-refractivity contribution in [3.63, 3.8) is 0 Å². The lowest BCUT2D eigenvalue weighted by Crippen LogP contribution is -2.60. The molecule has 0 aromatic carbocycles. The Morgan fingerprint density at radius 1 is 1.06 bits per heavy atom. The zero-order valence-corrected chi connectivity index (χ0v) is 20.6. The van der Waals surface area contributed by atoms with Crippen molar-refractivity contribution in [3.05, 3.63) is 0 Å². The van der Waals surface area contributed by atoms with E-state index >= 15 is 0 Å². The van der Waals surface area contributed by atoms with Gasteiger partial charge in [0.05, 0.1) is 17.4 Å². The van der Waals surface area contributed by atoms with Gasteiger partial charge in [0, 0.05) is 12.8 Å². The SMILES string of the molecule is CCC(C)(C)C(=O)OC12CC3CC(C1)CC(C(=O)OCCC(C(F)(F)F)C(F)(F)S(=O)(=O)O)(C3)C2. The molecule has 4 fully saturated rings. The molecular weight excluding hydrogens is 503 g/mol. The second kappa shape index (κ2) is 8.81. The molecule has 202 valence electrons. The molecule has 0 amide bonds. The van der Waals surface area contributed by atoms with Crippen LogP contribution in [0.3, 0.4) is 0 Å². The summed E-state index contributed by atoms with van der Waals surface area (Å²) in [6.45, 7) is 4.24. The fourth-order valence-corrected chi connectivity index (χ4v) is 6.75. The lowest BCUT2D eigenvalue weighted by molar-refractivity contribution is -0.227. The average molecular weight is 535 g/mol. The molecule has 0 aliphatic heterocycles. The molecule has 4 saturated carbocycles. The highest BCUT2D eigenvalue weighted by Crippen LogP contribution is 2.63. The third-order valence-electron chi connectivity index (χ3n) is 7.97. The number of hydrogen-bond donors (Lipinski definition) is 1. The van der Waals surface area contributed by atoms with Gasteiger partial charge in [-0.05, 0) is 64.2 Å². The summed E-state index contributed by atoms with van der Waals surface area (Å²) in [5.41, 5.74) is -2.74. The summed E-state index contributed by atoms with van der Waals surface area (Å²) in [6, 6.07) is 0. The Bertz CT molecular complexity index is 946. The van der Waals surface area contributed by atoms with Gasteiger partial charge >= 0.3 is 33.5 Å². The van der Waals surface area contributed by atoms with Gasteiger partial charge in [-0.15, -0.1) is 0 Å². The molecule has 35 heavy (non-hydrogen) atoms. The van der Waals surface area contributed by atoms with E-state index in [4.69, 9.17) is 14.0 Å². The molecule has 4 aliphatic rings. The van der Waals surface area contributed by atoms with Crippen molar-refractivity contribution in [3.8, 4) is 0 Å².